The molecule has 1 amide bonds. The third kappa shape index (κ3) is 3.42. The molecule has 24 heavy (non-hydrogen) atoms. The lowest BCUT2D eigenvalue weighted by molar-refractivity contribution is -0.131. The minimum absolute atomic E-state index is 0. The van der Waals surface area contributed by atoms with Gasteiger partial charge < -0.3 is 10.2 Å². The van der Waals surface area contributed by atoms with E-state index in [1.165, 1.54) is 23.6 Å². The molecule has 128 valence electrons. The van der Waals surface area contributed by atoms with Gasteiger partial charge in [0.2, 0.25) is 5.91 Å². The third-order valence-electron chi connectivity index (χ3n) is 5.56. The fraction of sp³-hybridized carbons (Fsp3) is 0.450. The lowest BCUT2D eigenvalue weighted by Crippen LogP contribution is -2.49. The van der Waals surface area contributed by atoms with Crippen molar-refractivity contribution in [3.8, 4) is 0 Å². The van der Waals surface area contributed by atoms with E-state index >= 15 is 0 Å². The van der Waals surface area contributed by atoms with Crippen molar-refractivity contribution in [2.75, 3.05) is 7.05 Å². The summed E-state index contributed by atoms with van der Waals surface area (Å²) < 4.78 is 0. The summed E-state index contributed by atoms with van der Waals surface area (Å²) in [6.07, 6.45) is 5.26. The SMILES string of the molecule is CN(C(=O)Cc1ccc2ccccc2c1)C1CC2CCC(C1)N2.Cl. The number of nitrogens with zero attached hydrogens (tertiary/aromatic N) is 1. The smallest absolute Gasteiger partial charge is 0.226 e. The van der Waals surface area contributed by atoms with Crippen LogP contribution in [0.25, 0.3) is 10.8 Å². The van der Waals surface area contributed by atoms with Crippen molar-refractivity contribution in [3.63, 3.8) is 0 Å². The number of rotatable bonds is 3. The molecule has 0 spiro atoms. The second kappa shape index (κ2) is 7.12. The van der Waals surface area contributed by atoms with Gasteiger partial charge >= 0.3 is 0 Å². The molecule has 2 unspecified atom stereocenters. The van der Waals surface area contributed by atoms with Gasteiger partial charge in [0.15, 0.2) is 0 Å². The van der Waals surface area contributed by atoms with E-state index in [-0.39, 0.29) is 18.3 Å². The monoisotopic (exact) mass is 344 g/mol. The van der Waals surface area contributed by atoms with Crippen molar-refractivity contribution in [1.82, 2.24) is 10.2 Å². The van der Waals surface area contributed by atoms with E-state index in [9.17, 15) is 4.79 Å². The zero-order chi connectivity index (χ0) is 15.8. The molecular weight excluding hydrogens is 320 g/mol. The Kier molecular flexibility index (Phi) is 5.12. The van der Waals surface area contributed by atoms with Gasteiger partial charge in [-0.05, 0) is 42.0 Å². The van der Waals surface area contributed by atoms with Crippen molar-refractivity contribution < 1.29 is 4.79 Å². The Labute approximate surface area is 149 Å². The summed E-state index contributed by atoms with van der Waals surface area (Å²) in [6.45, 7) is 0. The zero-order valence-electron chi connectivity index (χ0n) is 14.1. The number of carbonyl (C=O) groups excluding carboxylic acids is 1. The average molecular weight is 345 g/mol. The van der Waals surface area contributed by atoms with E-state index in [0.29, 0.717) is 24.5 Å². The minimum Gasteiger partial charge on any atom is -0.342 e. The molecule has 0 aromatic heterocycles. The Morgan fingerprint density at radius 3 is 2.46 bits per heavy atom. The fourth-order valence-electron chi connectivity index (χ4n) is 4.20. The maximum absolute atomic E-state index is 12.7. The number of hydrogen-bond acceptors (Lipinski definition) is 2. The molecule has 3 nitrogen and oxygen atoms in total. The molecule has 2 bridgehead atoms. The molecule has 2 aliphatic rings. The fourth-order valence-corrected chi connectivity index (χ4v) is 4.20. The lowest BCUT2D eigenvalue weighted by atomic mass is 9.97. The van der Waals surface area contributed by atoms with Crippen molar-refractivity contribution in [2.45, 2.75) is 50.2 Å². The summed E-state index contributed by atoms with van der Waals surface area (Å²) in [4.78, 5) is 14.7. The van der Waals surface area contributed by atoms with E-state index in [0.717, 1.165) is 18.4 Å². The summed E-state index contributed by atoms with van der Waals surface area (Å²) in [5.74, 6) is 0.242. The van der Waals surface area contributed by atoms with Gasteiger partial charge in [0.1, 0.15) is 0 Å². The number of nitrogens with one attached hydrogen (secondary N) is 1. The molecular formula is C20H25ClN2O. The molecule has 2 aromatic rings. The average Bonchev–Trinajstić information content (AvgIpc) is 2.92. The summed E-state index contributed by atoms with van der Waals surface area (Å²) in [7, 11) is 1.98. The molecule has 0 radical (unpaired) electrons. The molecule has 0 aliphatic carbocycles. The number of piperidine rings is 1. The van der Waals surface area contributed by atoms with Gasteiger partial charge in [0, 0.05) is 25.2 Å². The van der Waals surface area contributed by atoms with Gasteiger partial charge in [-0.25, -0.2) is 0 Å². The van der Waals surface area contributed by atoms with Gasteiger partial charge in [-0.15, -0.1) is 12.4 Å². The topological polar surface area (TPSA) is 32.3 Å². The van der Waals surface area contributed by atoms with Crippen LogP contribution in [0.2, 0.25) is 0 Å². The molecule has 2 fully saturated rings. The van der Waals surface area contributed by atoms with Gasteiger partial charge in [-0.1, -0.05) is 42.5 Å². The predicted octanol–water partition coefficient (Wildman–Crippen LogP) is 3.55. The van der Waals surface area contributed by atoms with Crippen LogP contribution in [0.3, 0.4) is 0 Å². The van der Waals surface area contributed by atoms with E-state index in [1.54, 1.807) is 0 Å². The maximum Gasteiger partial charge on any atom is 0.226 e. The highest BCUT2D eigenvalue weighted by Gasteiger charge is 2.36. The van der Waals surface area contributed by atoms with Gasteiger partial charge in [-0.3, -0.25) is 4.79 Å². The number of benzene rings is 2. The Hall–Kier alpha value is -1.58. The second-order valence-electron chi connectivity index (χ2n) is 7.13. The second-order valence-corrected chi connectivity index (χ2v) is 7.13. The molecule has 0 saturated carbocycles. The summed E-state index contributed by atoms with van der Waals surface area (Å²) in [6, 6.07) is 16.3. The molecule has 2 heterocycles. The van der Waals surface area contributed by atoms with E-state index in [1.807, 2.05) is 24.1 Å². The first kappa shape index (κ1) is 17.2. The highest BCUT2D eigenvalue weighted by molar-refractivity contribution is 5.86. The molecule has 4 heteroatoms. The normalized spacial score (nSPS) is 25.3. The highest BCUT2D eigenvalue weighted by Crippen LogP contribution is 2.29. The minimum atomic E-state index is 0. The van der Waals surface area contributed by atoms with Gasteiger partial charge in [0.25, 0.3) is 0 Å². The zero-order valence-corrected chi connectivity index (χ0v) is 14.9. The van der Waals surface area contributed by atoms with E-state index < -0.39 is 0 Å². The van der Waals surface area contributed by atoms with E-state index in [2.05, 4.69) is 35.6 Å². The molecule has 2 aliphatic heterocycles. The van der Waals surface area contributed by atoms with Crippen LogP contribution in [-0.4, -0.2) is 36.0 Å². The Morgan fingerprint density at radius 2 is 1.75 bits per heavy atom. The van der Waals surface area contributed by atoms with Crippen molar-refractivity contribution >= 4 is 29.1 Å². The number of carbonyl (C=O) groups is 1. The Bertz CT molecular complexity index is 720. The molecule has 2 aromatic carbocycles. The Balaban J connectivity index is 0.00000169. The first-order valence-corrected chi connectivity index (χ1v) is 8.68. The Morgan fingerprint density at radius 1 is 1.08 bits per heavy atom. The number of amides is 1. The van der Waals surface area contributed by atoms with Crippen LogP contribution in [0.15, 0.2) is 42.5 Å². The number of likely N-dealkylation sites (N-methyl/N-ethyl adjacent to an activating group) is 1. The first-order valence-electron chi connectivity index (χ1n) is 8.68. The van der Waals surface area contributed by atoms with Crippen LogP contribution < -0.4 is 5.32 Å². The molecule has 2 saturated heterocycles. The molecule has 4 rings (SSSR count). The largest absolute Gasteiger partial charge is 0.342 e. The first-order chi connectivity index (χ1) is 11.2. The summed E-state index contributed by atoms with van der Waals surface area (Å²) in [5.41, 5.74) is 1.11. The van der Waals surface area contributed by atoms with Crippen LogP contribution in [0, 0.1) is 0 Å². The molecule has 1 N–H and O–H groups in total. The number of halogens is 1. The number of fused-ring (bicyclic) bond motifs is 3. The van der Waals surface area contributed by atoms with Crippen LogP contribution in [0.5, 0.6) is 0 Å². The van der Waals surface area contributed by atoms with Crippen molar-refractivity contribution in [2.24, 2.45) is 0 Å². The standard InChI is InChI=1S/C20H24N2O.ClH/c1-22(19-12-17-8-9-18(13-19)21-17)20(23)11-14-6-7-15-4-2-3-5-16(15)10-14;/h2-7,10,17-19,21H,8-9,11-13H2,1H3;1H. The number of hydrogen-bond donors (Lipinski definition) is 1. The summed E-state index contributed by atoms with van der Waals surface area (Å²) >= 11 is 0. The quantitative estimate of drug-likeness (QED) is 0.923. The predicted molar refractivity (Wildman–Crippen MR) is 101 cm³/mol. The molecule has 2 atom stereocenters. The van der Waals surface area contributed by atoms with E-state index in [4.69, 9.17) is 0 Å². The lowest BCUT2D eigenvalue weighted by Gasteiger charge is -2.35. The van der Waals surface area contributed by atoms with Crippen molar-refractivity contribution in [3.05, 3.63) is 48.0 Å². The third-order valence-corrected chi connectivity index (χ3v) is 5.56. The van der Waals surface area contributed by atoms with Crippen LogP contribution in [-0.2, 0) is 11.2 Å². The summed E-state index contributed by atoms with van der Waals surface area (Å²) in [5, 5.41) is 6.08. The van der Waals surface area contributed by atoms with Crippen LogP contribution in [0.1, 0.15) is 31.2 Å². The highest BCUT2D eigenvalue weighted by atomic mass is 35.5. The van der Waals surface area contributed by atoms with Gasteiger partial charge in [-0.2, -0.15) is 0 Å². The van der Waals surface area contributed by atoms with Gasteiger partial charge in [0.05, 0.1) is 6.42 Å². The van der Waals surface area contributed by atoms with Crippen LogP contribution >= 0.6 is 12.4 Å². The maximum atomic E-state index is 12.7. The van der Waals surface area contributed by atoms with Crippen molar-refractivity contribution in [1.29, 1.82) is 0 Å². The van der Waals surface area contributed by atoms with Crippen LogP contribution in [0.4, 0.5) is 0 Å².